The number of aromatic nitrogens is 2. The minimum absolute atomic E-state index is 0.198. The number of amides is 1. The minimum Gasteiger partial charge on any atom is -0.358 e. The Balaban J connectivity index is 1.91. The van der Waals surface area contributed by atoms with Gasteiger partial charge in [-0.1, -0.05) is 11.6 Å². The largest absolute Gasteiger partial charge is 0.390 e. The number of hydrogen-bond donors (Lipinski definition) is 1. The average Bonchev–Trinajstić information content (AvgIpc) is 2.81. The van der Waals surface area contributed by atoms with Crippen molar-refractivity contribution in [3.63, 3.8) is 0 Å². The van der Waals surface area contributed by atoms with E-state index in [9.17, 15) is 14.9 Å². The zero-order valence-corrected chi connectivity index (χ0v) is 12.0. The van der Waals surface area contributed by atoms with Gasteiger partial charge in [-0.15, -0.1) is 0 Å². The van der Waals surface area contributed by atoms with E-state index in [2.05, 4.69) is 10.4 Å². The molecule has 21 heavy (non-hydrogen) atoms. The quantitative estimate of drug-likeness (QED) is 0.677. The Hall–Kier alpha value is -2.41. The fraction of sp³-hybridized carbons (Fsp3) is 0.231. The van der Waals surface area contributed by atoms with Crippen LogP contribution in [0.5, 0.6) is 0 Å². The third-order valence-electron chi connectivity index (χ3n) is 2.87. The van der Waals surface area contributed by atoms with Crippen LogP contribution in [0.25, 0.3) is 0 Å². The van der Waals surface area contributed by atoms with E-state index in [4.69, 9.17) is 11.6 Å². The van der Waals surface area contributed by atoms with Crippen molar-refractivity contribution in [1.29, 1.82) is 0 Å². The molecular formula is C13H13ClN4O3. The van der Waals surface area contributed by atoms with Crippen molar-refractivity contribution in [2.75, 3.05) is 6.54 Å². The monoisotopic (exact) mass is 308 g/mol. The van der Waals surface area contributed by atoms with Crippen molar-refractivity contribution < 1.29 is 9.72 Å². The predicted octanol–water partition coefficient (Wildman–Crippen LogP) is 2.18. The molecule has 0 aliphatic rings. The molecule has 110 valence electrons. The lowest BCUT2D eigenvalue weighted by atomic mass is 10.2. The molecule has 0 radical (unpaired) electrons. The van der Waals surface area contributed by atoms with E-state index in [0.29, 0.717) is 29.4 Å². The lowest BCUT2D eigenvalue weighted by molar-refractivity contribution is -0.389. The van der Waals surface area contributed by atoms with Crippen molar-refractivity contribution in [3.8, 4) is 0 Å². The van der Waals surface area contributed by atoms with Crippen LogP contribution in [-0.4, -0.2) is 27.2 Å². The summed E-state index contributed by atoms with van der Waals surface area (Å²) in [7, 11) is 0. The zero-order chi connectivity index (χ0) is 15.4. The van der Waals surface area contributed by atoms with Crippen LogP contribution < -0.4 is 5.32 Å². The maximum Gasteiger partial charge on any atom is 0.390 e. The number of nitrogens with one attached hydrogen (secondary N) is 1. The molecule has 2 aromatic rings. The Labute approximate surface area is 125 Å². The van der Waals surface area contributed by atoms with Crippen LogP contribution in [0.4, 0.5) is 5.82 Å². The number of hydrogen-bond acceptors (Lipinski definition) is 4. The Morgan fingerprint density at radius 3 is 2.67 bits per heavy atom. The molecular weight excluding hydrogens is 296 g/mol. The van der Waals surface area contributed by atoms with E-state index in [1.54, 1.807) is 31.2 Å². The van der Waals surface area contributed by atoms with Crippen molar-refractivity contribution in [3.05, 3.63) is 56.7 Å². The molecule has 8 heteroatoms. The number of carbonyl (C=O) groups excluding carboxylic acids is 1. The summed E-state index contributed by atoms with van der Waals surface area (Å²) in [5, 5.41) is 17.7. The van der Waals surface area contributed by atoms with Gasteiger partial charge in [0.2, 0.25) is 0 Å². The van der Waals surface area contributed by atoms with Crippen LogP contribution in [0.1, 0.15) is 16.1 Å². The first kappa shape index (κ1) is 15.0. The topological polar surface area (TPSA) is 90.1 Å². The second-order valence-electron chi connectivity index (χ2n) is 4.39. The lowest BCUT2D eigenvalue weighted by Gasteiger charge is -2.04. The van der Waals surface area contributed by atoms with Crippen LogP contribution in [0.3, 0.4) is 0 Å². The molecule has 2 rings (SSSR count). The molecule has 0 aliphatic heterocycles. The summed E-state index contributed by atoms with van der Waals surface area (Å²) in [4.78, 5) is 21.9. The van der Waals surface area contributed by atoms with Crippen LogP contribution in [-0.2, 0) is 6.54 Å². The van der Waals surface area contributed by atoms with E-state index in [-0.39, 0.29) is 11.7 Å². The summed E-state index contributed by atoms with van der Waals surface area (Å²) in [6.07, 6.45) is 0. The van der Waals surface area contributed by atoms with Gasteiger partial charge in [0.1, 0.15) is 0 Å². The van der Waals surface area contributed by atoms with E-state index in [0.717, 1.165) is 0 Å². The standard InChI is InChI=1S/C13H13ClN4O3/c1-9-8-12(18(20)21)16-17(9)7-6-15-13(19)10-2-4-11(14)5-3-10/h2-5,8H,6-7H2,1H3,(H,15,19). The third kappa shape index (κ3) is 3.79. The minimum atomic E-state index is -0.546. The third-order valence-corrected chi connectivity index (χ3v) is 3.12. The molecule has 1 amide bonds. The molecule has 0 spiro atoms. The summed E-state index contributed by atoms with van der Waals surface area (Å²) in [6.45, 7) is 2.40. The second kappa shape index (κ2) is 6.36. The fourth-order valence-corrected chi connectivity index (χ4v) is 1.91. The van der Waals surface area contributed by atoms with Gasteiger partial charge >= 0.3 is 5.82 Å². The van der Waals surface area contributed by atoms with Crippen LogP contribution in [0.2, 0.25) is 5.02 Å². The van der Waals surface area contributed by atoms with Gasteiger partial charge in [-0.25, -0.2) is 0 Å². The number of halogens is 1. The molecule has 1 aromatic heterocycles. The number of benzene rings is 1. The summed E-state index contributed by atoms with van der Waals surface area (Å²) < 4.78 is 1.49. The molecule has 0 unspecified atom stereocenters. The Bertz CT molecular complexity index is 667. The highest BCUT2D eigenvalue weighted by atomic mass is 35.5. The summed E-state index contributed by atoms with van der Waals surface area (Å²) in [6, 6.07) is 7.92. The molecule has 1 heterocycles. The van der Waals surface area contributed by atoms with Crippen LogP contribution in [0, 0.1) is 17.0 Å². The first-order valence-corrected chi connectivity index (χ1v) is 6.58. The van der Waals surface area contributed by atoms with Gasteiger partial charge in [0.15, 0.2) is 0 Å². The van der Waals surface area contributed by atoms with Gasteiger partial charge in [-0.2, -0.15) is 4.68 Å². The number of nitrogens with zero attached hydrogens (tertiary/aromatic N) is 3. The zero-order valence-electron chi connectivity index (χ0n) is 11.2. The number of aryl methyl sites for hydroxylation is 1. The highest BCUT2D eigenvalue weighted by Gasteiger charge is 2.15. The molecule has 0 aliphatic carbocycles. The second-order valence-corrected chi connectivity index (χ2v) is 4.82. The number of rotatable bonds is 5. The number of carbonyl (C=O) groups is 1. The van der Waals surface area contributed by atoms with Gasteiger partial charge in [0.25, 0.3) is 5.91 Å². The SMILES string of the molecule is Cc1cc([N+](=O)[O-])nn1CCNC(=O)c1ccc(Cl)cc1. The number of nitro groups is 1. The first-order chi connectivity index (χ1) is 9.97. The van der Waals surface area contributed by atoms with Gasteiger partial charge in [0, 0.05) is 17.1 Å². The Kier molecular flexibility index (Phi) is 4.54. The van der Waals surface area contributed by atoms with E-state index < -0.39 is 4.92 Å². The summed E-state index contributed by atoms with van der Waals surface area (Å²) in [5.41, 5.74) is 1.17. The van der Waals surface area contributed by atoms with Crippen molar-refractivity contribution in [1.82, 2.24) is 15.1 Å². The Morgan fingerprint density at radius 1 is 1.43 bits per heavy atom. The molecule has 0 fully saturated rings. The van der Waals surface area contributed by atoms with Gasteiger partial charge in [-0.3, -0.25) is 4.79 Å². The van der Waals surface area contributed by atoms with Gasteiger partial charge in [-0.05, 0) is 36.1 Å². The molecule has 1 N–H and O–H groups in total. The fourth-order valence-electron chi connectivity index (χ4n) is 1.79. The van der Waals surface area contributed by atoms with Crippen LogP contribution >= 0.6 is 11.6 Å². The van der Waals surface area contributed by atoms with Crippen molar-refractivity contribution >= 4 is 23.3 Å². The van der Waals surface area contributed by atoms with Gasteiger partial charge in [0.05, 0.1) is 23.4 Å². The molecule has 1 aromatic carbocycles. The maximum absolute atomic E-state index is 11.9. The highest BCUT2D eigenvalue weighted by molar-refractivity contribution is 6.30. The summed E-state index contributed by atoms with van der Waals surface area (Å²) in [5.74, 6) is -0.428. The maximum atomic E-state index is 11.9. The van der Waals surface area contributed by atoms with E-state index >= 15 is 0 Å². The molecule has 0 saturated heterocycles. The van der Waals surface area contributed by atoms with Gasteiger partial charge < -0.3 is 15.4 Å². The van der Waals surface area contributed by atoms with E-state index in [1.807, 2.05) is 0 Å². The first-order valence-electron chi connectivity index (χ1n) is 6.20. The molecule has 0 bridgehead atoms. The average molecular weight is 309 g/mol. The predicted molar refractivity (Wildman–Crippen MR) is 77.4 cm³/mol. The Morgan fingerprint density at radius 2 is 2.10 bits per heavy atom. The summed E-state index contributed by atoms with van der Waals surface area (Å²) >= 11 is 5.75. The molecule has 0 saturated carbocycles. The highest BCUT2D eigenvalue weighted by Crippen LogP contribution is 2.11. The van der Waals surface area contributed by atoms with Crippen LogP contribution in [0.15, 0.2) is 30.3 Å². The molecule has 0 atom stereocenters. The van der Waals surface area contributed by atoms with E-state index in [1.165, 1.54) is 10.7 Å². The van der Waals surface area contributed by atoms with Crippen molar-refractivity contribution in [2.24, 2.45) is 0 Å². The van der Waals surface area contributed by atoms with Crippen molar-refractivity contribution in [2.45, 2.75) is 13.5 Å². The molecule has 7 nitrogen and oxygen atoms in total. The lowest BCUT2D eigenvalue weighted by Crippen LogP contribution is -2.27. The smallest absolute Gasteiger partial charge is 0.358 e. The normalized spacial score (nSPS) is 10.4.